The third kappa shape index (κ3) is 4.92. The van der Waals surface area contributed by atoms with Crippen LogP contribution < -0.4 is 9.47 Å². The minimum Gasteiger partial charge on any atom is -0.493 e. The van der Waals surface area contributed by atoms with Crippen molar-refractivity contribution in [1.29, 1.82) is 5.26 Å². The average Bonchev–Trinajstić information content (AvgIpc) is 3.34. The minimum atomic E-state index is -2.65. The lowest BCUT2D eigenvalue weighted by Crippen LogP contribution is -2.36. The first-order valence-corrected chi connectivity index (χ1v) is 11.8. The largest absolute Gasteiger partial charge is 0.493 e. The molecule has 11 heteroatoms. The number of nitrogens with one attached hydrogen (secondary N) is 1. The number of hydrogen-bond donors (Lipinski definition) is 1. The zero-order chi connectivity index (χ0) is 24.7. The first-order valence-electron chi connectivity index (χ1n) is 10.6. The second-order valence-electron chi connectivity index (χ2n) is 8.76. The number of likely N-dealkylation sites (tertiary alicyclic amines) is 1. The number of nitrogens with zero attached hydrogens (tertiary/aromatic N) is 4. The number of ether oxygens (including phenoxy) is 2. The number of fused-ring (bicyclic) bond motifs is 1. The number of thioether (sulfide) groups is 1. The quantitative estimate of drug-likeness (QED) is 0.339. The van der Waals surface area contributed by atoms with Gasteiger partial charge in [-0.2, -0.15) is 5.26 Å². The Kier molecular flexibility index (Phi) is 6.64. The molecule has 2 aromatic heterocycles. The van der Waals surface area contributed by atoms with E-state index < -0.39 is 10.7 Å². The van der Waals surface area contributed by atoms with Crippen molar-refractivity contribution in [3.63, 3.8) is 0 Å². The summed E-state index contributed by atoms with van der Waals surface area (Å²) < 4.78 is 37.6. The SMILES string of the molecule is COc1cc(Cl)c(-c2nc(SC(C)(C)CN3CCC(F)(F)C3)nc3[nH]cc(C#N)c23)cc1OC. The van der Waals surface area contributed by atoms with Gasteiger partial charge in [-0.25, -0.2) is 18.7 Å². The number of aromatic amines is 1. The van der Waals surface area contributed by atoms with Crippen LogP contribution in [0.4, 0.5) is 8.78 Å². The average molecular weight is 508 g/mol. The highest BCUT2D eigenvalue weighted by atomic mass is 35.5. The van der Waals surface area contributed by atoms with Crippen molar-refractivity contribution in [3.05, 3.63) is 28.9 Å². The topological polar surface area (TPSA) is 87.1 Å². The smallest absolute Gasteiger partial charge is 0.261 e. The predicted octanol–water partition coefficient (Wildman–Crippen LogP) is 5.38. The Balaban J connectivity index is 1.76. The second-order valence-corrected chi connectivity index (χ2v) is 10.8. The van der Waals surface area contributed by atoms with Gasteiger partial charge >= 0.3 is 0 Å². The Morgan fingerprint density at radius 2 is 1.97 bits per heavy atom. The summed E-state index contributed by atoms with van der Waals surface area (Å²) in [6.45, 7) is 4.51. The van der Waals surface area contributed by atoms with Crippen molar-refractivity contribution in [3.8, 4) is 28.8 Å². The fourth-order valence-corrected chi connectivity index (χ4v) is 5.40. The van der Waals surface area contributed by atoms with Crippen LogP contribution in [0.2, 0.25) is 5.02 Å². The third-order valence-electron chi connectivity index (χ3n) is 5.58. The van der Waals surface area contributed by atoms with Gasteiger partial charge in [0.15, 0.2) is 16.7 Å². The highest BCUT2D eigenvalue weighted by Crippen LogP contribution is 2.42. The molecule has 0 spiro atoms. The molecular weight excluding hydrogens is 484 g/mol. The fraction of sp³-hybridized carbons (Fsp3) is 0.435. The summed E-state index contributed by atoms with van der Waals surface area (Å²) in [5.74, 6) is -1.72. The van der Waals surface area contributed by atoms with Crippen LogP contribution in [0.3, 0.4) is 0 Å². The molecule has 0 bridgehead atoms. The second kappa shape index (κ2) is 9.21. The van der Waals surface area contributed by atoms with Crippen LogP contribution >= 0.6 is 23.4 Å². The van der Waals surface area contributed by atoms with Crippen molar-refractivity contribution in [2.45, 2.75) is 36.1 Å². The molecule has 0 aliphatic carbocycles. The summed E-state index contributed by atoms with van der Waals surface area (Å²) in [6, 6.07) is 5.50. The number of methoxy groups -OCH3 is 2. The minimum absolute atomic E-state index is 0.127. The van der Waals surface area contributed by atoms with Crippen molar-refractivity contribution in [2.24, 2.45) is 0 Å². The Hall–Kier alpha value is -2.61. The van der Waals surface area contributed by atoms with Crippen LogP contribution in [-0.2, 0) is 0 Å². The Labute approximate surface area is 205 Å². The molecule has 4 rings (SSSR count). The van der Waals surface area contributed by atoms with Crippen molar-refractivity contribution >= 4 is 34.4 Å². The van der Waals surface area contributed by atoms with Gasteiger partial charge in [0, 0.05) is 42.1 Å². The number of aromatic nitrogens is 3. The van der Waals surface area contributed by atoms with Crippen molar-refractivity contribution < 1.29 is 18.3 Å². The molecular formula is C23H24ClF2N5O2S. The summed E-state index contributed by atoms with van der Waals surface area (Å²) >= 11 is 7.97. The Bertz CT molecular complexity index is 1270. The molecule has 1 aliphatic rings. The van der Waals surface area contributed by atoms with Crippen LogP contribution in [0.1, 0.15) is 25.8 Å². The van der Waals surface area contributed by atoms with Gasteiger partial charge in [0.1, 0.15) is 11.7 Å². The van der Waals surface area contributed by atoms with Gasteiger partial charge in [0.25, 0.3) is 5.92 Å². The van der Waals surface area contributed by atoms with E-state index in [-0.39, 0.29) is 13.0 Å². The molecule has 1 aliphatic heterocycles. The van der Waals surface area contributed by atoms with Crippen LogP contribution in [0.5, 0.6) is 11.5 Å². The van der Waals surface area contributed by atoms with Gasteiger partial charge in [0.2, 0.25) is 0 Å². The molecule has 1 fully saturated rings. The molecule has 0 amide bonds. The normalized spacial score (nSPS) is 16.1. The van der Waals surface area contributed by atoms with E-state index in [1.807, 2.05) is 13.8 Å². The van der Waals surface area contributed by atoms with Crippen LogP contribution in [-0.4, -0.2) is 64.4 Å². The van der Waals surface area contributed by atoms with E-state index in [0.29, 0.717) is 62.6 Å². The Morgan fingerprint density at radius 3 is 2.59 bits per heavy atom. The molecule has 3 heterocycles. The number of hydrogen-bond acceptors (Lipinski definition) is 7. The number of halogens is 3. The summed E-state index contributed by atoms with van der Waals surface area (Å²) in [7, 11) is 3.04. The molecule has 0 radical (unpaired) electrons. The molecule has 1 saturated heterocycles. The number of nitriles is 1. The molecule has 0 atom stereocenters. The first-order chi connectivity index (χ1) is 16.1. The maximum atomic E-state index is 13.7. The zero-order valence-corrected chi connectivity index (χ0v) is 20.8. The molecule has 1 aromatic carbocycles. The zero-order valence-electron chi connectivity index (χ0n) is 19.2. The maximum absolute atomic E-state index is 13.7. The summed E-state index contributed by atoms with van der Waals surface area (Å²) in [4.78, 5) is 14.2. The van der Waals surface area contributed by atoms with Crippen LogP contribution in [0, 0.1) is 11.3 Å². The highest BCUT2D eigenvalue weighted by molar-refractivity contribution is 8.00. The molecule has 1 N–H and O–H groups in total. The molecule has 0 saturated carbocycles. The van der Waals surface area contributed by atoms with Crippen molar-refractivity contribution in [2.75, 3.05) is 33.9 Å². The highest BCUT2D eigenvalue weighted by Gasteiger charge is 2.40. The van der Waals surface area contributed by atoms with Gasteiger partial charge in [-0.3, -0.25) is 4.90 Å². The molecule has 7 nitrogen and oxygen atoms in total. The summed E-state index contributed by atoms with van der Waals surface area (Å²) in [5.41, 5.74) is 1.89. The summed E-state index contributed by atoms with van der Waals surface area (Å²) in [6.07, 6.45) is 1.45. The Morgan fingerprint density at radius 1 is 1.26 bits per heavy atom. The molecule has 0 unspecified atom stereocenters. The molecule has 3 aromatic rings. The van der Waals surface area contributed by atoms with E-state index in [2.05, 4.69) is 16.0 Å². The number of benzene rings is 1. The first kappa shape index (κ1) is 24.5. The van der Waals surface area contributed by atoms with Gasteiger partial charge < -0.3 is 14.5 Å². The lowest BCUT2D eigenvalue weighted by Gasteiger charge is -2.28. The van der Waals surface area contributed by atoms with Crippen LogP contribution in [0.15, 0.2) is 23.5 Å². The van der Waals surface area contributed by atoms with Gasteiger partial charge in [-0.1, -0.05) is 23.4 Å². The standard InChI is InChI=1S/C23H24ClF2N5O2S/c1-22(2,11-31-6-5-23(25,26)12-31)34-21-29-19(18-13(9-27)10-28-20(18)30-21)14-7-16(32-3)17(33-4)8-15(14)24/h7-8,10H,5-6,11-12H2,1-4H3,(H,28,29,30). The van der Waals surface area contributed by atoms with Crippen molar-refractivity contribution in [1.82, 2.24) is 19.9 Å². The number of H-pyrrole nitrogens is 1. The van der Waals surface area contributed by atoms with Gasteiger partial charge in [0.05, 0.1) is 42.4 Å². The number of rotatable bonds is 7. The van der Waals surface area contributed by atoms with E-state index in [0.717, 1.165) is 0 Å². The molecule has 180 valence electrons. The van der Waals surface area contributed by atoms with Crippen LogP contribution in [0.25, 0.3) is 22.3 Å². The fourth-order valence-electron chi connectivity index (χ4n) is 4.14. The lowest BCUT2D eigenvalue weighted by atomic mass is 10.1. The van der Waals surface area contributed by atoms with Gasteiger partial charge in [-0.05, 0) is 19.9 Å². The van der Waals surface area contributed by atoms with E-state index in [1.54, 1.807) is 23.2 Å². The third-order valence-corrected chi connectivity index (χ3v) is 6.94. The van der Waals surface area contributed by atoms with E-state index >= 15 is 0 Å². The van der Waals surface area contributed by atoms with E-state index in [1.165, 1.54) is 26.0 Å². The van der Waals surface area contributed by atoms with Gasteiger partial charge in [-0.15, -0.1) is 0 Å². The summed E-state index contributed by atoms with van der Waals surface area (Å²) in [5, 5.41) is 11.0. The van der Waals surface area contributed by atoms with E-state index in [4.69, 9.17) is 26.1 Å². The number of alkyl halides is 2. The maximum Gasteiger partial charge on any atom is 0.261 e. The predicted molar refractivity (Wildman–Crippen MR) is 128 cm³/mol. The lowest BCUT2D eigenvalue weighted by molar-refractivity contribution is 0.0117. The molecule has 34 heavy (non-hydrogen) atoms. The monoisotopic (exact) mass is 507 g/mol. The van der Waals surface area contributed by atoms with E-state index in [9.17, 15) is 14.0 Å².